The van der Waals surface area contributed by atoms with E-state index in [0.29, 0.717) is 6.42 Å². The third kappa shape index (κ3) is 4.36. The summed E-state index contributed by atoms with van der Waals surface area (Å²) in [7, 11) is 1.52. The highest BCUT2D eigenvalue weighted by atomic mass is 16.6. The molecular weight excluding hydrogens is 268 g/mol. The fraction of sp³-hybridized carbons (Fsp3) is 1.00. The van der Waals surface area contributed by atoms with Crippen LogP contribution in [0.25, 0.3) is 0 Å². The van der Waals surface area contributed by atoms with Gasteiger partial charge < -0.3 is 34.6 Å². The van der Waals surface area contributed by atoms with Gasteiger partial charge in [0.1, 0.15) is 24.4 Å². The predicted octanol–water partition coefficient (Wildman–Crippen LogP) is -1.34. The van der Waals surface area contributed by atoms with Gasteiger partial charge in [-0.1, -0.05) is 0 Å². The highest BCUT2D eigenvalue weighted by Crippen LogP contribution is 2.22. The van der Waals surface area contributed by atoms with Crippen LogP contribution in [0, 0.1) is 0 Å². The number of rotatable bonds is 3. The van der Waals surface area contributed by atoms with E-state index in [4.69, 9.17) is 29.5 Å². The van der Waals surface area contributed by atoms with Crippen molar-refractivity contribution >= 4 is 0 Å². The minimum absolute atomic E-state index is 0.0779. The Hall–Kier alpha value is -0.280. The summed E-state index contributed by atoms with van der Waals surface area (Å²) in [6.07, 6.45) is -1.73. The second kappa shape index (κ2) is 8.23. The Kier molecular flexibility index (Phi) is 7.32. The Morgan fingerprint density at radius 3 is 1.90 bits per heavy atom. The van der Waals surface area contributed by atoms with Crippen LogP contribution < -0.4 is 0 Å². The van der Waals surface area contributed by atoms with Crippen molar-refractivity contribution in [1.29, 1.82) is 0 Å². The van der Waals surface area contributed by atoms with Crippen LogP contribution in [0.1, 0.15) is 20.3 Å². The maximum Gasteiger partial charge on any atom is 0.111 e. The first kappa shape index (κ1) is 17.8. The zero-order valence-corrected chi connectivity index (χ0v) is 12.2. The van der Waals surface area contributed by atoms with Gasteiger partial charge in [0.25, 0.3) is 0 Å². The van der Waals surface area contributed by atoms with Gasteiger partial charge in [0.15, 0.2) is 0 Å². The van der Waals surface area contributed by atoms with Gasteiger partial charge in [-0.3, -0.25) is 0 Å². The van der Waals surface area contributed by atoms with Crippen molar-refractivity contribution in [2.45, 2.75) is 63.0 Å². The van der Waals surface area contributed by atoms with Crippen LogP contribution in [0.5, 0.6) is 0 Å². The number of methoxy groups -OCH3 is 1. The molecule has 0 saturated carbocycles. The third-order valence-electron chi connectivity index (χ3n) is 3.61. The molecule has 2 aliphatic rings. The van der Waals surface area contributed by atoms with Gasteiger partial charge in [-0.15, -0.1) is 0 Å². The monoisotopic (exact) mass is 294 g/mol. The largest absolute Gasteiger partial charge is 0.394 e. The van der Waals surface area contributed by atoms with Crippen LogP contribution in [-0.4, -0.2) is 83.5 Å². The van der Waals surface area contributed by atoms with E-state index in [1.807, 2.05) is 13.8 Å². The molecule has 0 aromatic rings. The van der Waals surface area contributed by atoms with Crippen molar-refractivity contribution in [2.24, 2.45) is 0 Å². The quantitative estimate of drug-likeness (QED) is 0.510. The summed E-state index contributed by atoms with van der Waals surface area (Å²) in [6.45, 7) is 3.46. The van der Waals surface area contributed by atoms with Gasteiger partial charge in [0.05, 0.1) is 31.5 Å². The molecule has 2 rings (SSSR count). The molecule has 0 radical (unpaired) electrons. The molecule has 0 aromatic heterocycles. The zero-order valence-electron chi connectivity index (χ0n) is 12.2. The van der Waals surface area contributed by atoms with Gasteiger partial charge in [0.2, 0.25) is 0 Å². The van der Waals surface area contributed by atoms with Gasteiger partial charge in [-0.25, -0.2) is 0 Å². The molecule has 2 heterocycles. The number of hydrogen-bond donors (Lipinski definition) is 4. The van der Waals surface area contributed by atoms with Crippen LogP contribution >= 0.6 is 0 Å². The van der Waals surface area contributed by atoms with Crippen LogP contribution in [0.15, 0.2) is 0 Å². The summed E-state index contributed by atoms with van der Waals surface area (Å²) in [5.74, 6) is 0. The average Bonchev–Trinajstić information content (AvgIpc) is 2.89. The van der Waals surface area contributed by atoms with E-state index < -0.39 is 18.3 Å². The highest BCUT2D eigenvalue weighted by molar-refractivity contribution is 4.88. The van der Waals surface area contributed by atoms with Gasteiger partial charge in [-0.2, -0.15) is 0 Å². The van der Waals surface area contributed by atoms with Crippen molar-refractivity contribution in [1.82, 2.24) is 0 Å². The molecule has 4 N–H and O–H groups in total. The van der Waals surface area contributed by atoms with E-state index in [0.717, 1.165) is 0 Å². The molecule has 2 fully saturated rings. The van der Waals surface area contributed by atoms with Gasteiger partial charge >= 0.3 is 0 Å². The van der Waals surface area contributed by atoms with Crippen LogP contribution in [-0.2, 0) is 14.2 Å². The number of ether oxygens (including phenoxy) is 3. The topological polar surface area (TPSA) is 109 Å². The number of aliphatic hydroxyl groups is 4. The second-order valence-corrected chi connectivity index (χ2v) is 5.22. The molecule has 7 unspecified atom stereocenters. The van der Waals surface area contributed by atoms with Crippen molar-refractivity contribution in [3.05, 3.63) is 0 Å². The van der Waals surface area contributed by atoms with E-state index in [1.165, 1.54) is 7.11 Å². The molecule has 2 aliphatic heterocycles. The Bertz CT molecular complexity index is 275. The molecule has 7 heteroatoms. The lowest BCUT2D eigenvalue weighted by Gasteiger charge is -2.14. The summed E-state index contributed by atoms with van der Waals surface area (Å²) < 4.78 is 15.3. The van der Waals surface area contributed by atoms with E-state index >= 15 is 0 Å². The zero-order chi connectivity index (χ0) is 15.3. The van der Waals surface area contributed by atoms with E-state index in [-0.39, 0.29) is 37.6 Å². The fourth-order valence-electron chi connectivity index (χ4n) is 2.51. The second-order valence-electron chi connectivity index (χ2n) is 5.22. The van der Waals surface area contributed by atoms with Crippen LogP contribution in [0.4, 0.5) is 0 Å². The third-order valence-corrected chi connectivity index (χ3v) is 3.61. The average molecular weight is 294 g/mol. The summed E-state index contributed by atoms with van der Waals surface area (Å²) in [5, 5.41) is 35.8. The predicted molar refractivity (Wildman–Crippen MR) is 70.3 cm³/mol. The van der Waals surface area contributed by atoms with Crippen LogP contribution in [0.2, 0.25) is 0 Å². The molecular formula is C13H26O7. The van der Waals surface area contributed by atoms with E-state index in [9.17, 15) is 5.11 Å². The number of aliphatic hydroxyl groups excluding tert-OH is 4. The van der Waals surface area contributed by atoms with Gasteiger partial charge in [-0.05, 0) is 13.8 Å². The first-order valence-corrected chi connectivity index (χ1v) is 6.86. The molecule has 7 nitrogen and oxygen atoms in total. The summed E-state index contributed by atoms with van der Waals surface area (Å²) in [6, 6.07) is 0. The standard InChI is InChI=1S/C7H14O4.C6H12O3/c1-4-7(10-2)6(9)5(3-8)11-4;1-4-2-5(8)6(3-7)9-4/h4-9H,3H2,1-2H3;4-8H,2-3H2,1H3. The molecule has 7 atom stereocenters. The molecule has 2 saturated heterocycles. The Balaban J connectivity index is 0.000000204. The smallest absolute Gasteiger partial charge is 0.111 e. The lowest BCUT2D eigenvalue weighted by Crippen LogP contribution is -2.34. The maximum absolute atomic E-state index is 9.41. The minimum Gasteiger partial charge on any atom is -0.394 e. The lowest BCUT2D eigenvalue weighted by molar-refractivity contribution is -0.0175. The Labute approximate surface area is 119 Å². The summed E-state index contributed by atoms with van der Waals surface area (Å²) >= 11 is 0. The van der Waals surface area contributed by atoms with Gasteiger partial charge in [0, 0.05) is 13.5 Å². The SMILES string of the molecule is CC1CC(O)C(CO)O1.COC1C(C)OC(CO)C1O. The molecule has 0 amide bonds. The van der Waals surface area contributed by atoms with Crippen molar-refractivity contribution in [2.75, 3.05) is 20.3 Å². The first-order valence-electron chi connectivity index (χ1n) is 6.86. The van der Waals surface area contributed by atoms with Crippen molar-refractivity contribution in [3.8, 4) is 0 Å². The van der Waals surface area contributed by atoms with E-state index in [1.54, 1.807) is 0 Å². The summed E-state index contributed by atoms with van der Waals surface area (Å²) in [5.41, 5.74) is 0. The minimum atomic E-state index is -0.708. The molecule has 0 spiro atoms. The summed E-state index contributed by atoms with van der Waals surface area (Å²) in [4.78, 5) is 0. The van der Waals surface area contributed by atoms with Crippen LogP contribution in [0.3, 0.4) is 0 Å². The first-order chi connectivity index (χ1) is 9.44. The molecule has 0 aliphatic carbocycles. The molecule has 0 aromatic carbocycles. The Morgan fingerprint density at radius 1 is 1.05 bits per heavy atom. The molecule has 0 bridgehead atoms. The highest BCUT2D eigenvalue weighted by Gasteiger charge is 2.40. The van der Waals surface area contributed by atoms with Crippen molar-refractivity contribution < 1.29 is 34.6 Å². The molecule has 120 valence electrons. The normalized spacial score (nSPS) is 44.2. The van der Waals surface area contributed by atoms with Crippen molar-refractivity contribution in [3.63, 3.8) is 0 Å². The number of hydrogen-bond acceptors (Lipinski definition) is 7. The Morgan fingerprint density at radius 2 is 1.65 bits per heavy atom. The van der Waals surface area contributed by atoms with E-state index in [2.05, 4.69) is 0 Å². The molecule has 20 heavy (non-hydrogen) atoms. The fourth-order valence-corrected chi connectivity index (χ4v) is 2.51. The maximum atomic E-state index is 9.41. The lowest BCUT2D eigenvalue weighted by atomic mass is 10.1.